The van der Waals surface area contributed by atoms with Crippen molar-refractivity contribution in [1.82, 2.24) is 9.62 Å². The molecule has 0 saturated carbocycles. The molecule has 1 aromatic rings. The molecule has 0 bridgehead atoms. The first-order chi connectivity index (χ1) is 10.0. The lowest BCUT2D eigenvalue weighted by Gasteiger charge is -2.20. The lowest BCUT2D eigenvalue weighted by molar-refractivity contribution is 0.295. The molecule has 0 fully saturated rings. The van der Waals surface area contributed by atoms with Crippen molar-refractivity contribution in [3.8, 4) is 0 Å². The fraction of sp³-hybridized carbons (Fsp3) is 0.600. The fourth-order valence-electron chi connectivity index (χ4n) is 2.08. The van der Waals surface area contributed by atoms with Gasteiger partial charge in [0.15, 0.2) is 0 Å². The van der Waals surface area contributed by atoms with Crippen LogP contribution >= 0.6 is 11.6 Å². The van der Waals surface area contributed by atoms with Gasteiger partial charge in [0.25, 0.3) is 0 Å². The summed E-state index contributed by atoms with van der Waals surface area (Å²) < 4.78 is 26.3. The summed E-state index contributed by atoms with van der Waals surface area (Å²) >= 11 is 5.54. The van der Waals surface area contributed by atoms with Crippen LogP contribution in [0, 0.1) is 0 Å². The van der Waals surface area contributed by atoms with E-state index in [0.29, 0.717) is 18.8 Å². The molecule has 0 amide bonds. The smallest absolute Gasteiger partial charge is 0.211 e. The van der Waals surface area contributed by atoms with Crippen LogP contribution in [0.4, 0.5) is 0 Å². The maximum Gasteiger partial charge on any atom is 0.211 e. The Bertz CT molecular complexity index is 516. The summed E-state index contributed by atoms with van der Waals surface area (Å²) in [5.74, 6) is 0.439. The quantitative estimate of drug-likeness (QED) is 0.670. The third kappa shape index (κ3) is 6.78. The van der Waals surface area contributed by atoms with E-state index < -0.39 is 10.0 Å². The van der Waals surface area contributed by atoms with E-state index >= 15 is 0 Å². The molecule has 0 radical (unpaired) electrons. The number of hydrogen-bond donors (Lipinski definition) is 1. The number of benzene rings is 1. The molecule has 120 valence electrons. The maximum absolute atomic E-state index is 11.8. The third-order valence-corrected chi connectivity index (χ3v) is 5.11. The standard InChI is InChI=1S/C15H25ClN2O2S/c1-3-18(4-2)13-15-9-6-5-8-14(15)12-17-21(19,20)11-7-10-16/h5-6,8-9,17H,3-4,7,10-13H2,1-2H3. The monoisotopic (exact) mass is 332 g/mol. The van der Waals surface area contributed by atoms with Crippen molar-refractivity contribution in [3.05, 3.63) is 35.4 Å². The summed E-state index contributed by atoms with van der Waals surface area (Å²) in [4.78, 5) is 2.31. The van der Waals surface area contributed by atoms with E-state index in [1.807, 2.05) is 18.2 Å². The highest BCUT2D eigenvalue weighted by Gasteiger charge is 2.11. The zero-order chi connectivity index (χ0) is 15.7. The van der Waals surface area contributed by atoms with Crippen LogP contribution in [-0.2, 0) is 23.1 Å². The number of hydrogen-bond acceptors (Lipinski definition) is 3. The molecule has 1 N–H and O–H groups in total. The molecule has 1 aromatic carbocycles. The number of nitrogens with one attached hydrogen (secondary N) is 1. The Labute approximate surface area is 133 Å². The van der Waals surface area contributed by atoms with Gasteiger partial charge < -0.3 is 0 Å². The number of rotatable bonds is 10. The molecule has 0 atom stereocenters. The van der Waals surface area contributed by atoms with Gasteiger partial charge >= 0.3 is 0 Å². The van der Waals surface area contributed by atoms with E-state index in [2.05, 4.69) is 29.5 Å². The van der Waals surface area contributed by atoms with Gasteiger partial charge in [0.1, 0.15) is 0 Å². The number of sulfonamides is 1. The zero-order valence-electron chi connectivity index (χ0n) is 12.8. The van der Waals surface area contributed by atoms with Gasteiger partial charge in [-0.05, 0) is 30.6 Å². The lowest BCUT2D eigenvalue weighted by Crippen LogP contribution is -2.28. The van der Waals surface area contributed by atoms with Crippen molar-refractivity contribution >= 4 is 21.6 Å². The van der Waals surface area contributed by atoms with E-state index in [-0.39, 0.29) is 5.75 Å². The predicted molar refractivity (Wildman–Crippen MR) is 89.0 cm³/mol. The molecule has 0 aromatic heterocycles. The van der Waals surface area contributed by atoms with E-state index in [1.165, 1.54) is 5.56 Å². The summed E-state index contributed by atoms with van der Waals surface area (Å²) in [6.07, 6.45) is 0.470. The van der Waals surface area contributed by atoms with E-state index in [1.54, 1.807) is 0 Å². The molecule has 4 nitrogen and oxygen atoms in total. The Kier molecular flexibility index (Phi) is 8.26. The summed E-state index contributed by atoms with van der Waals surface area (Å²) in [5, 5.41) is 0. The van der Waals surface area contributed by atoms with Gasteiger partial charge in [-0.15, -0.1) is 11.6 Å². The fourth-order valence-corrected chi connectivity index (χ4v) is 3.41. The molecule has 0 aliphatic rings. The minimum atomic E-state index is -3.25. The highest BCUT2D eigenvalue weighted by molar-refractivity contribution is 7.89. The first kappa shape index (κ1) is 18.4. The van der Waals surface area contributed by atoms with E-state index in [9.17, 15) is 8.42 Å². The van der Waals surface area contributed by atoms with Gasteiger partial charge in [0.05, 0.1) is 5.75 Å². The molecular weight excluding hydrogens is 308 g/mol. The Balaban J connectivity index is 2.71. The van der Waals surface area contributed by atoms with Crippen molar-refractivity contribution in [3.63, 3.8) is 0 Å². The van der Waals surface area contributed by atoms with Crippen molar-refractivity contribution in [2.24, 2.45) is 0 Å². The number of halogens is 1. The van der Waals surface area contributed by atoms with Crippen LogP contribution < -0.4 is 4.72 Å². The minimum Gasteiger partial charge on any atom is -0.300 e. The van der Waals surface area contributed by atoms with Gasteiger partial charge in [-0.2, -0.15) is 0 Å². The molecule has 0 aliphatic heterocycles. The topological polar surface area (TPSA) is 49.4 Å². The summed E-state index contributed by atoms with van der Waals surface area (Å²) in [6, 6.07) is 7.96. The second kappa shape index (κ2) is 9.41. The number of alkyl halides is 1. The molecule has 1 rings (SSSR count). The lowest BCUT2D eigenvalue weighted by atomic mass is 10.1. The molecule has 0 aliphatic carbocycles. The van der Waals surface area contributed by atoms with Crippen molar-refractivity contribution in [2.45, 2.75) is 33.4 Å². The summed E-state index contributed by atoms with van der Waals surface area (Å²) in [6.45, 7) is 7.38. The number of nitrogens with zero attached hydrogens (tertiary/aromatic N) is 1. The molecule has 6 heteroatoms. The van der Waals surface area contributed by atoms with Crippen molar-refractivity contribution in [1.29, 1.82) is 0 Å². The van der Waals surface area contributed by atoms with E-state index in [4.69, 9.17) is 11.6 Å². The third-order valence-electron chi connectivity index (χ3n) is 3.44. The van der Waals surface area contributed by atoms with Crippen LogP contribution in [0.3, 0.4) is 0 Å². The Morgan fingerprint density at radius 2 is 1.76 bits per heavy atom. The second-order valence-electron chi connectivity index (χ2n) is 4.91. The highest BCUT2D eigenvalue weighted by atomic mass is 35.5. The van der Waals surface area contributed by atoms with Crippen molar-refractivity contribution in [2.75, 3.05) is 24.7 Å². The van der Waals surface area contributed by atoms with Crippen LogP contribution in [0.5, 0.6) is 0 Å². The van der Waals surface area contributed by atoms with Crippen molar-refractivity contribution < 1.29 is 8.42 Å². The van der Waals surface area contributed by atoms with Crippen LogP contribution in [0.1, 0.15) is 31.4 Å². The summed E-state index contributed by atoms with van der Waals surface area (Å²) in [7, 11) is -3.25. The van der Waals surface area contributed by atoms with Crippen LogP contribution in [0.25, 0.3) is 0 Å². The van der Waals surface area contributed by atoms with Gasteiger partial charge in [-0.3, -0.25) is 4.90 Å². The zero-order valence-corrected chi connectivity index (χ0v) is 14.4. The predicted octanol–water partition coefficient (Wildman–Crippen LogP) is 2.58. The van der Waals surface area contributed by atoms with Gasteiger partial charge in [0.2, 0.25) is 10.0 Å². The second-order valence-corrected chi connectivity index (χ2v) is 7.22. The van der Waals surface area contributed by atoms with Gasteiger partial charge in [-0.25, -0.2) is 13.1 Å². The Hall–Kier alpha value is -0.620. The van der Waals surface area contributed by atoms with E-state index in [0.717, 1.165) is 25.2 Å². The molecule has 0 unspecified atom stereocenters. The average molecular weight is 333 g/mol. The molecule has 0 saturated heterocycles. The first-order valence-corrected chi connectivity index (χ1v) is 9.53. The first-order valence-electron chi connectivity index (χ1n) is 7.34. The molecule has 0 spiro atoms. The van der Waals surface area contributed by atoms with Gasteiger partial charge in [0, 0.05) is 19.0 Å². The normalized spacial score (nSPS) is 12.0. The van der Waals surface area contributed by atoms with Crippen LogP contribution in [0.15, 0.2) is 24.3 Å². The Morgan fingerprint density at radius 3 is 2.33 bits per heavy atom. The highest BCUT2D eigenvalue weighted by Crippen LogP contribution is 2.12. The van der Waals surface area contributed by atoms with Crippen LogP contribution in [-0.4, -0.2) is 38.0 Å². The maximum atomic E-state index is 11.8. The minimum absolute atomic E-state index is 0.0781. The molecule has 21 heavy (non-hydrogen) atoms. The molecular formula is C15H25ClN2O2S. The largest absolute Gasteiger partial charge is 0.300 e. The molecule has 0 heterocycles. The van der Waals surface area contributed by atoms with Gasteiger partial charge in [-0.1, -0.05) is 38.1 Å². The SMILES string of the molecule is CCN(CC)Cc1ccccc1CNS(=O)(=O)CCCCl. The average Bonchev–Trinajstić information content (AvgIpc) is 2.49. The van der Waals surface area contributed by atoms with Crippen LogP contribution in [0.2, 0.25) is 0 Å². The summed E-state index contributed by atoms with van der Waals surface area (Å²) in [5.41, 5.74) is 2.19. The Morgan fingerprint density at radius 1 is 1.14 bits per heavy atom.